The summed E-state index contributed by atoms with van der Waals surface area (Å²) in [4.78, 5) is 125. The van der Waals surface area contributed by atoms with Crippen molar-refractivity contribution < 1.29 is 67.9 Å². The molecule has 0 radical (unpaired) electrons. The summed E-state index contributed by atoms with van der Waals surface area (Å²) >= 11 is 0. The Morgan fingerprint density at radius 3 is 1.37 bits per heavy atom. The number of aryl methyl sites for hydroxylation is 1. The van der Waals surface area contributed by atoms with Crippen molar-refractivity contribution in [3.05, 3.63) is 230 Å². The topological polar surface area (TPSA) is 371 Å². The number of epoxide rings is 1. The van der Waals surface area contributed by atoms with Gasteiger partial charge >= 0.3 is 23.8 Å². The molecular weight excluding hydrogens is 1750 g/mol. The van der Waals surface area contributed by atoms with Crippen molar-refractivity contribution >= 4 is 53.7 Å². The van der Waals surface area contributed by atoms with E-state index in [1.165, 1.54) is 40.4 Å². The van der Waals surface area contributed by atoms with E-state index < -0.39 is 53.2 Å². The number of pyridine rings is 2. The second-order valence-electron chi connectivity index (χ2n) is 46.7. The maximum Gasteiger partial charge on any atom is 0.373 e. The highest BCUT2D eigenvalue weighted by Gasteiger charge is 2.51. The maximum atomic E-state index is 13.1. The number of aliphatic hydroxyl groups excluding tert-OH is 1. The number of aromatic nitrogens is 4. The molecule has 8 N–H and O–H groups in total. The first-order chi connectivity index (χ1) is 63.5. The molecule has 2 aliphatic heterocycles. The van der Waals surface area contributed by atoms with Crippen LogP contribution in [0, 0.1) is 91.7 Å². The van der Waals surface area contributed by atoms with Gasteiger partial charge in [0.25, 0.3) is 12.0 Å². The van der Waals surface area contributed by atoms with Crippen LogP contribution in [0.2, 0.25) is 0 Å². The van der Waals surface area contributed by atoms with Crippen molar-refractivity contribution in [3.8, 4) is 0 Å². The molecule has 2 saturated heterocycles. The molecule has 3 aromatic heterocycles. The molecule has 0 aliphatic carbocycles. The lowest BCUT2D eigenvalue weighted by molar-refractivity contribution is -0.192. The summed E-state index contributed by atoms with van der Waals surface area (Å²) in [6.45, 7) is 71.8. The number of hydrogen-bond acceptors (Lipinski definition) is 17. The standard InChI is InChI=1S/C22H33NO3.C19H29NO3.C14H22N2O4.C13H20N2.C13H21N.C13H20.C12H17NO2.C7H14O2.CO2.CH4/c1-15(2)12-18(19(24)22(6)14-26-22)23-20(25)17(21(3,4)5)13-16-10-8-7-9-11-16;1-13(2)11-15(19(3,4)5)17(21)20-16(18(22)23)12-14-9-7-6-8-10-14;1-8-7-16(13(19)15-12(8)18)11-5-9(17)10(20-11)6-14(2,3)4;1-10(14)15-12-7-5-11(6-8-12)9-13(2,3)4;1-5-11(13(2,3)4)10-12-8-6-7-9-14-12;1-11(13(2,3)4)10-12-8-6-5-7-9-12;1-12(2,3)11(15-9-14)8-10-6-4-5-7-13-10;1-5(6(8)9)7(2,3)4;2-1-3;/h7-11,15,17-18H,12-14H2,1-6H3,(H,23,25);6-10,13,15-16H,11-12H2,1-5H3,(H,20,21)(H,22,23);7,9-11,17H,5-6H2,1-4H3,(H,15,18,19);5-8H,9H2,1-4H3,(H2,14,15);6-9,11H,5,10H2,1-4H3;5-9,11H,10H2,1-4H3;4-7,9,11H,8H2,1-3H3;5H,1-4H3,(H,8,9);;1H4/t;15?,16-;;;;;;;;/m.0......../s1. The predicted molar refractivity (Wildman–Crippen MR) is 563 cm³/mol. The first kappa shape index (κ1) is 129. The summed E-state index contributed by atoms with van der Waals surface area (Å²) in [5, 5.41) is 33.8. The molecule has 24 nitrogen and oxygen atoms in total. The van der Waals surface area contributed by atoms with Crippen molar-refractivity contribution in [2.24, 2.45) is 95.5 Å². The number of carboxylic acid groups (broad SMARTS) is 2. The highest BCUT2D eigenvalue weighted by Crippen LogP contribution is 2.38. The van der Waals surface area contributed by atoms with Gasteiger partial charge in [-0.15, -0.1) is 0 Å². The fourth-order valence-corrected chi connectivity index (χ4v) is 14.7. The van der Waals surface area contributed by atoms with E-state index in [2.05, 4.69) is 231 Å². The zero-order valence-corrected chi connectivity index (χ0v) is 90.2. The first-order valence-electron chi connectivity index (χ1n) is 48.8. The van der Waals surface area contributed by atoms with E-state index in [1.54, 1.807) is 33.9 Å². The molecule has 11 unspecified atom stereocenters. The third-order valence-corrected chi connectivity index (χ3v) is 24.2. The third kappa shape index (κ3) is 53.7. The maximum absolute atomic E-state index is 13.1. The Morgan fingerprint density at radius 1 is 0.576 bits per heavy atom. The van der Waals surface area contributed by atoms with Crippen LogP contribution in [0.3, 0.4) is 0 Å². The minimum atomic E-state index is -1.00. The average molecular weight is 1930 g/mol. The summed E-state index contributed by atoms with van der Waals surface area (Å²) in [7, 11) is 0. The van der Waals surface area contributed by atoms with Gasteiger partial charge in [-0.3, -0.25) is 48.3 Å². The first-order valence-corrected chi connectivity index (χ1v) is 48.8. The van der Waals surface area contributed by atoms with Crippen molar-refractivity contribution in [2.75, 3.05) is 6.61 Å². The van der Waals surface area contributed by atoms with E-state index in [1.807, 2.05) is 166 Å². The number of nitrogens with zero attached hydrogens (tertiary/aromatic N) is 4. The van der Waals surface area contributed by atoms with Gasteiger partial charge in [-0.1, -0.05) is 344 Å². The van der Waals surface area contributed by atoms with E-state index in [9.17, 15) is 48.6 Å². The van der Waals surface area contributed by atoms with Crippen LogP contribution < -0.4 is 27.6 Å². The number of nitrogens with two attached hydrogens (primary N) is 1. The zero-order valence-electron chi connectivity index (χ0n) is 90.2. The minimum Gasteiger partial charge on any atom is -0.481 e. The number of carboxylic acids is 2. The molecule has 7 aromatic rings. The number of aliphatic imine (C=N–C) groups is 1. The smallest absolute Gasteiger partial charge is 0.373 e. The van der Waals surface area contributed by atoms with Gasteiger partial charge in [-0.2, -0.15) is 9.59 Å². The fourth-order valence-electron chi connectivity index (χ4n) is 14.7. The number of H-pyrrole nitrogens is 1. The van der Waals surface area contributed by atoms with E-state index in [-0.39, 0.29) is 88.2 Å². The number of hydrogen-bond donors (Lipinski definition) is 7. The summed E-state index contributed by atoms with van der Waals surface area (Å²) in [5.41, 5.74) is 12.8. The number of amides is 2. The largest absolute Gasteiger partial charge is 0.481 e. The highest BCUT2D eigenvalue weighted by molar-refractivity contribution is 5.97. The number of rotatable bonds is 29. The van der Waals surface area contributed by atoms with Crippen LogP contribution in [-0.4, -0.2) is 125 Å². The van der Waals surface area contributed by atoms with Crippen LogP contribution in [0.4, 0.5) is 5.69 Å². The number of aliphatic carboxylic acids is 2. The lowest BCUT2D eigenvalue weighted by atomic mass is 9.75. The van der Waals surface area contributed by atoms with Gasteiger partial charge in [0, 0.05) is 66.6 Å². The number of carbonyl (C=O) groups is 6. The van der Waals surface area contributed by atoms with Crippen molar-refractivity contribution in [2.45, 2.75) is 356 Å². The second kappa shape index (κ2) is 60.0. The number of ketones is 1. The minimum absolute atomic E-state index is 0. The highest BCUT2D eigenvalue weighted by atomic mass is 16.6. The molecule has 2 aliphatic rings. The van der Waals surface area contributed by atoms with Crippen LogP contribution in [-0.2, 0) is 91.1 Å². The van der Waals surface area contributed by atoms with E-state index in [4.69, 9.17) is 34.6 Å². The molecule has 0 spiro atoms. The number of benzene rings is 4. The Labute approximate surface area is 835 Å². The molecule has 776 valence electrons. The number of amidine groups is 1. The third-order valence-electron chi connectivity index (χ3n) is 24.2. The SMILES string of the molecule is C.CC(C(=O)O)C(C)(C)C.CC(C)(C)C(Cc1ccccn1)OC=O.CC(C)CC(C(=O)N[C@@H](Cc1ccccc1)C(=O)O)C(C)(C)C.CC(C)CC(NC(=O)C(Cc1ccccc1)C(C)(C)C)C(=O)C1(C)CO1.CC(Cc1ccccc1)C(C)(C)C.CC(N)=Nc1ccc(CC(C)(C)C)cc1.CCC(Cc1ccccn1)C(C)(C)C.Cc1cn(C2CC(O)C(CC(C)(C)C)O2)c(=O)[nH]c1=O.O=C=O. The number of Topliss-reactive ketones (excluding diaryl/α,β-unsaturated/α-hetero) is 1. The van der Waals surface area contributed by atoms with Crippen molar-refractivity contribution in [1.82, 2.24) is 30.2 Å². The Hall–Kier alpha value is -10.4. The van der Waals surface area contributed by atoms with E-state index in [0.29, 0.717) is 91.1 Å². The number of carbonyl (C=O) groups excluding carboxylic acids is 6. The Bertz CT molecular complexity index is 4870. The summed E-state index contributed by atoms with van der Waals surface area (Å²) in [6, 6.07) is 48.9. The summed E-state index contributed by atoms with van der Waals surface area (Å²) in [5.74, 6) is 0.105. The number of nitrogens with one attached hydrogen (secondary N) is 3. The Morgan fingerprint density at radius 2 is 1.01 bits per heavy atom. The molecule has 9 rings (SSSR count). The second-order valence-corrected chi connectivity index (χ2v) is 46.7. The molecule has 4 aromatic carbocycles. The van der Waals surface area contributed by atoms with Crippen molar-refractivity contribution in [3.63, 3.8) is 0 Å². The molecule has 2 amide bonds. The van der Waals surface area contributed by atoms with E-state index in [0.717, 1.165) is 53.6 Å². The number of ether oxygens (including phenoxy) is 3. The Kier molecular flexibility index (Phi) is 55.5. The van der Waals surface area contributed by atoms with Crippen LogP contribution >= 0.6 is 0 Å². The lowest BCUT2D eigenvalue weighted by Gasteiger charge is -2.32. The molecule has 24 heteroatoms. The molecule has 139 heavy (non-hydrogen) atoms. The molecule has 2 fully saturated rings. The van der Waals surface area contributed by atoms with Gasteiger partial charge in [0.2, 0.25) is 11.8 Å². The summed E-state index contributed by atoms with van der Waals surface area (Å²) < 4.78 is 17.6. The number of aliphatic hydroxyl groups is 1. The molecule has 0 bridgehead atoms. The van der Waals surface area contributed by atoms with Crippen LogP contribution in [0.1, 0.15) is 313 Å². The van der Waals surface area contributed by atoms with Gasteiger partial charge in [0.15, 0.2) is 5.78 Å². The van der Waals surface area contributed by atoms with Gasteiger partial charge < -0.3 is 45.9 Å². The quantitative estimate of drug-likeness (QED) is 0.00991. The Balaban J connectivity index is 0.00000158. The molecule has 5 heterocycles. The summed E-state index contributed by atoms with van der Waals surface area (Å²) in [6.07, 6.45) is 12.4. The molecular formula is C115H180N8O16. The number of aromatic amines is 1. The van der Waals surface area contributed by atoms with Gasteiger partial charge in [0.05, 0.1) is 42.3 Å². The van der Waals surface area contributed by atoms with Crippen LogP contribution in [0.25, 0.3) is 0 Å². The van der Waals surface area contributed by atoms with Crippen molar-refractivity contribution in [1.29, 1.82) is 0 Å². The molecule has 12 atom stereocenters. The van der Waals surface area contributed by atoms with Gasteiger partial charge in [-0.25, -0.2) is 14.6 Å². The molecule has 0 saturated carbocycles. The zero-order chi connectivity index (χ0) is 106. The normalized spacial score (nSPS) is 17.0. The van der Waals surface area contributed by atoms with Crippen LogP contribution in [0.15, 0.2) is 185 Å². The monoisotopic (exact) mass is 1930 g/mol. The average Bonchev–Trinajstić information content (AvgIpc) is 1.64. The predicted octanol–water partition coefficient (Wildman–Crippen LogP) is 23.1. The van der Waals surface area contributed by atoms with Gasteiger partial charge in [-0.05, 0) is 191 Å². The lowest BCUT2D eigenvalue weighted by Crippen LogP contribution is -2.50. The van der Waals surface area contributed by atoms with E-state index >= 15 is 0 Å². The fraction of sp³-hybridized carbons (Fsp3) is 0.600. The van der Waals surface area contributed by atoms with Crippen LogP contribution in [0.5, 0.6) is 0 Å². The van der Waals surface area contributed by atoms with Gasteiger partial charge in [0.1, 0.15) is 24.0 Å².